The van der Waals surface area contributed by atoms with Crippen LogP contribution >= 0.6 is 23.7 Å². The normalized spacial score (nSPS) is 11.9. The summed E-state index contributed by atoms with van der Waals surface area (Å²) < 4.78 is 20.7. The van der Waals surface area contributed by atoms with Crippen LogP contribution in [-0.4, -0.2) is 13.6 Å². The van der Waals surface area contributed by atoms with Crippen molar-refractivity contribution >= 4 is 33.8 Å². The molecule has 1 atom stereocenters. The van der Waals surface area contributed by atoms with E-state index in [1.54, 1.807) is 6.07 Å². The van der Waals surface area contributed by atoms with Gasteiger partial charge in [0.1, 0.15) is 11.9 Å². The van der Waals surface area contributed by atoms with Crippen LogP contribution in [0.3, 0.4) is 0 Å². The first-order chi connectivity index (χ1) is 10.8. The highest BCUT2D eigenvalue weighted by atomic mass is 35.5. The van der Waals surface area contributed by atoms with Crippen molar-refractivity contribution in [1.29, 1.82) is 0 Å². The molecule has 2 aromatic carbocycles. The summed E-state index contributed by atoms with van der Waals surface area (Å²) in [6.45, 7) is 0.855. The number of thiophene rings is 1. The number of hydrogen-bond donors (Lipinski definition) is 1. The van der Waals surface area contributed by atoms with Crippen LogP contribution in [0.2, 0.25) is 0 Å². The summed E-state index contributed by atoms with van der Waals surface area (Å²) in [5.74, 6) is 0.739. The number of halogens is 2. The lowest BCUT2D eigenvalue weighted by Gasteiger charge is -2.20. The van der Waals surface area contributed by atoms with Crippen molar-refractivity contribution in [2.45, 2.75) is 12.5 Å². The average molecular weight is 352 g/mol. The van der Waals surface area contributed by atoms with Gasteiger partial charge in [-0.25, -0.2) is 0 Å². The second-order valence-electron chi connectivity index (χ2n) is 5.13. The van der Waals surface area contributed by atoms with Crippen LogP contribution in [-0.2, 0) is 0 Å². The number of hydrogen-bond acceptors (Lipinski definition) is 3. The Kier molecular flexibility index (Phi) is 6.39. The van der Waals surface area contributed by atoms with E-state index in [1.165, 1.54) is 0 Å². The molecule has 2 nitrogen and oxygen atoms in total. The molecule has 1 N–H and O–H groups in total. The monoisotopic (exact) mass is 351 g/mol. The van der Waals surface area contributed by atoms with Crippen molar-refractivity contribution < 1.29 is 9.13 Å². The van der Waals surface area contributed by atoms with E-state index in [9.17, 15) is 4.39 Å². The van der Waals surface area contributed by atoms with E-state index in [2.05, 4.69) is 17.4 Å². The Morgan fingerprint density at radius 2 is 1.91 bits per heavy atom. The molecule has 0 radical (unpaired) electrons. The third-order valence-electron chi connectivity index (χ3n) is 3.59. The maximum absolute atomic E-state index is 13.5. The predicted molar refractivity (Wildman–Crippen MR) is 97.4 cm³/mol. The largest absolute Gasteiger partial charge is 0.485 e. The first-order valence-corrected chi connectivity index (χ1v) is 8.14. The summed E-state index contributed by atoms with van der Waals surface area (Å²) >= 11 is 1.15. The van der Waals surface area contributed by atoms with Crippen molar-refractivity contribution in [3.63, 3.8) is 0 Å². The molecule has 0 fully saturated rings. The van der Waals surface area contributed by atoms with Gasteiger partial charge in [-0.3, -0.25) is 0 Å². The summed E-state index contributed by atoms with van der Waals surface area (Å²) in [5, 5.41) is 3.82. The van der Waals surface area contributed by atoms with E-state index in [-0.39, 0.29) is 23.6 Å². The molecule has 0 aliphatic carbocycles. The van der Waals surface area contributed by atoms with Gasteiger partial charge in [-0.05, 0) is 37.4 Å². The van der Waals surface area contributed by atoms with E-state index < -0.39 is 0 Å². The number of benzene rings is 2. The van der Waals surface area contributed by atoms with Gasteiger partial charge in [0.2, 0.25) is 0 Å². The SMILES string of the molecule is CNCC[C@H](Oc1cccc2sc(F)cc12)c1ccccc1.Cl. The minimum atomic E-state index is -0.183. The van der Waals surface area contributed by atoms with Crippen molar-refractivity contribution in [1.82, 2.24) is 5.32 Å². The summed E-state index contributed by atoms with van der Waals surface area (Å²) in [7, 11) is 1.93. The van der Waals surface area contributed by atoms with Crippen LogP contribution in [0.5, 0.6) is 5.75 Å². The van der Waals surface area contributed by atoms with Crippen LogP contribution < -0.4 is 10.1 Å². The van der Waals surface area contributed by atoms with E-state index >= 15 is 0 Å². The zero-order valence-corrected chi connectivity index (χ0v) is 14.4. The fraction of sp³-hybridized carbons (Fsp3) is 0.222. The molecule has 3 rings (SSSR count). The molecule has 0 saturated carbocycles. The second-order valence-corrected chi connectivity index (χ2v) is 6.16. The molecule has 1 aromatic heterocycles. The molecule has 0 bridgehead atoms. The smallest absolute Gasteiger partial charge is 0.177 e. The quantitative estimate of drug-likeness (QED) is 0.659. The second kappa shape index (κ2) is 8.29. The zero-order valence-electron chi connectivity index (χ0n) is 12.8. The van der Waals surface area contributed by atoms with Crippen LogP contribution in [0.1, 0.15) is 18.1 Å². The first-order valence-electron chi connectivity index (χ1n) is 7.32. The first kappa shape index (κ1) is 17.7. The fourth-order valence-electron chi connectivity index (χ4n) is 2.50. The van der Waals surface area contributed by atoms with E-state index in [4.69, 9.17) is 4.74 Å². The Hall–Kier alpha value is -1.62. The predicted octanol–water partition coefficient (Wildman–Crippen LogP) is 5.19. The molecule has 5 heteroatoms. The molecular weight excluding hydrogens is 333 g/mol. The number of nitrogens with one attached hydrogen (secondary N) is 1. The van der Waals surface area contributed by atoms with Crippen LogP contribution in [0.25, 0.3) is 10.1 Å². The molecule has 0 spiro atoms. The fourth-order valence-corrected chi connectivity index (χ4v) is 3.30. The maximum Gasteiger partial charge on any atom is 0.177 e. The molecule has 0 aliphatic rings. The molecule has 0 unspecified atom stereocenters. The van der Waals surface area contributed by atoms with Gasteiger partial charge in [0.25, 0.3) is 0 Å². The topological polar surface area (TPSA) is 21.3 Å². The summed E-state index contributed by atoms with van der Waals surface area (Å²) in [5.41, 5.74) is 1.13. The highest BCUT2D eigenvalue weighted by Gasteiger charge is 2.15. The molecular formula is C18H19ClFNOS. The summed E-state index contributed by atoms with van der Waals surface area (Å²) in [4.78, 5) is 0. The van der Waals surface area contributed by atoms with Crippen molar-refractivity contribution in [2.75, 3.05) is 13.6 Å². The lowest BCUT2D eigenvalue weighted by atomic mass is 10.1. The van der Waals surface area contributed by atoms with Gasteiger partial charge in [0, 0.05) is 16.5 Å². The Labute approximate surface area is 145 Å². The number of fused-ring (bicyclic) bond motifs is 1. The number of ether oxygens (including phenoxy) is 1. The number of rotatable bonds is 6. The molecule has 23 heavy (non-hydrogen) atoms. The van der Waals surface area contributed by atoms with Crippen molar-refractivity contribution in [3.05, 3.63) is 65.3 Å². The minimum absolute atomic E-state index is 0. The van der Waals surface area contributed by atoms with Gasteiger partial charge < -0.3 is 10.1 Å². The Bertz CT molecular complexity index is 747. The van der Waals surface area contributed by atoms with Gasteiger partial charge in [0.05, 0.1) is 0 Å². The molecule has 0 saturated heterocycles. The van der Waals surface area contributed by atoms with Crippen LogP contribution in [0.15, 0.2) is 54.6 Å². The summed E-state index contributed by atoms with van der Waals surface area (Å²) in [6, 6.07) is 17.4. The van der Waals surface area contributed by atoms with Crippen LogP contribution in [0, 0.1) is 5.13 Å². The lowest BCUT2D eigenvalue weighted by molar-refractivity contribution is 0.197. The molecule has 0 aliphatic heterocycles. The lowest BCUT2D eigenvalue weighted by Crippen LogP contribution is -2.16. The Morgan fingerprint density at radius 1 is 1.13 bits per heavy atom. The standard InChI is InChI=1S/C18H18FNOS.ClH/c1-20-11-10-15(13-6-3-2-4-7-13)21-16-8-5-9-17-14(16)12-18(19)22-17;/h2-9,12,15,20H,10-11H2,1H3;1H/t15-;/m0./s1. The molecule has 122 valence electrons. The third kappa shape index (κ3) is 4.22. The van der Waals surface area contributed by atoms with Gasteiger partial charge in [-0.15, -0.1) is 23.7 Å². The molecule has 0 amide bonds. The van der Waals surface area contributed by atoms with Gasteiger partial charge >= 0.3 is 0 Å². The van der Waals surface area contributed by atoms with Crippen molar-refractivity contribution in [3.8, 4) is 5.75 Å². The molecule has 3 aromatic rings. The maximum atomic E-state index is 13.5. The van der Waals surface area contributed by atoms with E-state index in [0.29, 0.717) is 0 Å². The summed E-state index contributed by atoms with van der Waals surface area (Å²) in [6.07, 6.45) is 0.797. The minimum Gasteiger partial charge on any atom is -0.485 e. The highest BCUT2D eigenvalue weighted by molar-refractivity contribution is 7.17. The van der Waals surface area contributed by atoms with E-state index in [0.717, 1.165) is 45.7 Å². The van der Waals surface area contributed by atoms with E-state index in [1.807, 2.05) is 43.4 Å². The van der Waals surface area contributed by atoms with Gasteiger partial charge in [0.15, 0.2) is 5.13 Å². The average Bonchev–Trinajstić information content (AvgIpc) is 2.93. The van der Waals surface area contributed by atoms with Crippen LogP contribution in [0.4, 0.5) is 4.39 Å². The van der Waals surface area contributed by atoms with Gasteiger partial charge in [-0.1, -0.05) is 36.4 Å². The third-order valence-corrected chi connectivity index (χ3v) is 4.48. The Balaban J connectivity index is 0.00000192. The van der Waals surface area contributed by atoms with Crippen molar-refractivity contribution in [2.24, 2.45) is 0 Å². The van der Waals surface area contributed by atoms with Gasteiger partial charge in [-0.2, -0.15) is 4.39 Å². The highest BCUT2D eigenvalue weighted by Crippen LogP contribution is 2.35. The zero-order chi connectivity index (χ0) is 15.4. The Morgan fingerprint density at radius 3 is 2.65 bits per heavy atom. The molecule has 1 heterocycles.